The molecule has 1 aromatic rings. The first-order chi connectivity index (χ1) is 16.4. The number of aromatic nitrogens is 1. The first kappa shape index (κ1) is 23.4. The highest BCUT2D eigenvalue weighted by molar-refractivity contribution is 5.92. The zero-order chi connectivity index (χ0) is 24.0. The molecule has 4 heterocycles. The molecule has 10 heteroatoms. The van der Waals surface area contributed by atoms with E-state index in [1.807, 2.05) is 0 Å². The van der Waals surface area contributed by atoms with Crippen molar-refractivity contribution in [1.29, 1.82) is 0 Å². The van der Waals surface area contributed by atoms with E-state index in [4.69, 9.17) is 4.74 Å². The molecule has 0 radical (unpaired) electrons. The Bertz CT molecular complexity index is 955. The summed E-state index contributed by atoms with van der Waals surface area (Å²) in [5.74, 6) is -1.42. The number of nitrogens with zero attached hydrogens (tertiary/aromatic N) is 3. The van der Waals surface area contributed by atoms with Crippen LogP contribution in [0.5, 0.6) is 0 Å². The number of amides is 2. The number of carbonyl (C=O) groups excluding carboxylic acids is 2. The van der Waals surface area contributed by atoms with Crippen LogP contribution in [0.3, 0.4) is 0 Å². The average Bonchev–Trinajstić information content (AvgIpc) is 3.34. The van der Waals surface area contributed by atoms with Crippen molar-refractivity contribution in [1.82, 2.24) is 20.5 Å². The topological polar surface area (TPSA) is 86.8 Å². The zero-order valence-electron chi connectivity index (χ0n) is 19.7. The van der Waals surface area contributed by atoms with Gasteiger partial charge in [0.25, 0.3) is 5.91 Å². The van der Waals surface area contributed by atoms with Crippen LogP contribution in [0.4, 0.5) is 14.5 Å². The Balaban J connectivity index is 1.18. The highest BCUT2D eigenvalue weighted by Gasteiger charge is 2.53. The first-order valence-electron chi connectivity index (χ1n) is 12.3. The molecule has 2 N–H and O–H groups in total. The summed E-state index contributed by atoms with van der Waals surface area (Å²) in [4.78, 5) is 32.7. The molecule has 6 atom stereocenters. The van der Waals surface area contributed by atoms with Gasteiger partial charge >= 0.3 is 0 Å². The van der Waals surface area contributed by atoms with Crippen LogP contribution in [-0.2, 0) is 9.53 Å². The molecule has 0 aromatic carbocycles. The number of ether oxygens (including phenoxy) is 1. The van der Waals surface area contributed by atoms with E-state index >= 15 is 4.39 Å². The van der Waals surface area contributed by atoms with E-state index in [0.717, 1.165) is 32.4 Å². The second-order valence-corrected chi connectivity index (χ2v) is 10.0. The number of piperazine rings is 1. The van der Waals surface area contributed by atoms with Gasteiger partial charge in [0.05, 0.1) is 29.4 Å². The molecule has 4 fully saturated rings. The van der Waals surface area contributed by atoms with Crippen molar-refractivity contribution in [3.05, 3.63) is 23.3 Å². The fourth-order valence-electron chi connectivity index (χ4n) is 6.28. The van der Waals surface area contributed by atoms with Crippen molar-refractivity contribution in [3.8, 4) is 0 Å². The number of rotatable bonds is 4. The molecule has 186 valence electrons. The number of nitrogens with one attached hydrogen (secondary N) is 2. The molecular weight excluding hydrogens is 444 g/mol. The Morgan fingerprint density at radius 1 is 1.26 bits per heavy atom. The van der Waals surface area contributed by atoms with Crippen LogP contribution in [0.2, 0.25) is 0 Å². The summed E-state index contributed by atoms with van der Waals surface area (Å²) in [5, 5.41) is 5.38. The molecular formula is C24H33F2N5O3. The standard InChI is InChI=1S/C24H33F2N5O3/c1-13-18(11-17(25)21(28-13)24(33)27-2)31-8-6-30(7-9-31)12-14-3-4-15-20(19(14)26)29-23(32)16-5-10-34-22(15)16/h11,14-16,19-20,22H,3-10,12H2,1-2H3,(H,27,33)(H,29,32). The van der Waals surface area contributed by atoms with Gasteiger partial charge in [-0.3, -0.25) is 14.5 Å². The van der Waals surface area contributed by atoms with Crippen LogP contribution in [-0.4, -0.2) is 86.4 Å². The van der Waals surface area contributed by atoms with Crippen molar-refractivity contribution >= 4 is 17.5 Å². The molecule has 4 aliphatic rings. The summed E-state index contributed by atoms with van der Waals surface area (Å²) in [7, 11) is 1.45. The van der Waals surface area contributed by atoms with Crippen molar-refractivity contribution < 1.29 is 23.1 Å². The van der Waals surface area contributed by atoms with Crippen LogP contribution in [0, 0.1) is 30.5 Å². The molecule has 8 nitrogen and oxygen atoms in total. The Hall–Kier alpha value is -2.33. The van der Waals surface area contributed by atoms with E-state index < -0.39 is 23.9 Å². The Labute approximate surface area is 198 Å². The molecule has 1 aromatic heterocycles. The third-order valence-electron chi connectivity index (χ3n) is 8.12. The second-order valence-electron chi connectivity index (χ2n) is 10.0. The largest absolute Gasteiger partial charge is 0.377 e. The molecule has 6 unspecified atom stereocenters. The minimum absolute atomic E-state index is 0.0562. The van der Waals surface area contributed by atoms with Gasteiger partial charge in [-0.05, 0) is 26.2 Å². The third kappa shape index (κ3) is 4.15. The first-order valence-corrected chi connectivity index (χ1v) is 12.3. The molecule has 3 aliphatic heterocycles. The number of hydrogen-bond acceptors (Lipinski definition) is 6. The fraction of sp³-hybridized carbons (Fsp3) is 0.708. The maximum absolute atomic E-state index is 15.6. The fourth-order valence-corrected chi connectivity index (χ4v) is 6.28. The summed E-state index contributed by atoms with van der Waals surface area (Å²) in [6.45, 7) is 5.81. The van der Waals surface area contributed by atoms with Crippen LogP contribution < -0.4 is 15.5 Å². The molecule has 2 amide bonds. The van der Waals surface area contributed by atoms with Crippen molar-refractivity contribution in [2.75, 3.05) is 51.3 Å². The Kier molecular flexibility index (Phi) is 6.45. The van der Waals surface area contributed by atoms with Gasteiger partial charge in [0, 0.05) is 64.3 Å². The van der Waals surface area contributed by atoms with Gasteiger partial charge in [-0.15, -0.1) is 0 Å². The molecule has 3 saturated heterocycles. The van der Waals surface area contributed by atoms with Gasteiger partial charge in [-0.25, -0.2) is 13.8 Å². The van der Waals surface area contributed by atoms with E-state index in [-0.39, 0.29) is 35.5 Å². The number of aryl methyl sites for hydroxylation is 1. The van der Waals surface area contributed by atoms with Gasteiger partial charge in [0.15, 0.2) is 11.5 Å². The lowest BCUT2D eigenvalue weighted by molar-refractivity contribution is -0.139. The van der Waals surface area contributed by atoms with Gasteiger partial charge < -0.3 is 20.3 Å². The highest BCUT2D eigenvalue weighted by Crippen LogP contribution is 2.42. The number of halogens is 2. The molecule has 1 aliphatic carbocycles. The average molecular weight is 478 g/mol. The second kappa shape index (κ2) is 9.37. The smallest absolute Gasteiger partial charge is 0.272 e. The predicted molar refractivity (Wildman–Crippen MR) is 122 cm³/mol. The number of pyridine rings is 1. The maximum atomic E-state index is 15.6. The van der Waals surface area contributed by atoms with Crippen LogP contribution in [0.15, 0.2) is 6.07 Å². The maximum Gasteiger partial charge on any atom is 0.272 e. The predicted octanol–water partition coefficient (Wildman–Crippen LogP) is 1.28. The highest BCUT2D eigenvalue weighted by atomic mass is 19.1. The monoisotopic (exact) mass is 477 g/mol. The summed E-state index contributed by atoms with van der Waals surface area (Å²) in [6.07, 6.45) is 1.19. The molecule has 1 saturated carbocycles. The van der Waals surface area contributed by atoms with Gasteiger partial charge in [-0.1, -0.05) is 0 Å². The number of alkyl halides is 1. The summed E-state index contributed by atoms with van der Waals surface area (Å²) >= 11 is 0. The van der Waals surface area contributed by atoms with E-state index in [2.05, 4.69) is 25.4 Å². The minimum Gasteiger partial charge on any atom is -0.377 e. The minimum atomic E-state index is -1.08. The summed E-state index contributed by atoms with van der Waals surface area (Å²) in [6, 6.07) is 0.924. The summed E-state index contributed by atoms with van der Waals surface area (Å²) in [5.41, 5.74) is 1.09. The lowest BCUT2D eigenvalue weighted by atomic mass is 9.69. The quantitative estimate of drug-likeness (QED) is 0.680. The van der Waals surface area contributed by atoms with Crippen LogP contribution >= 0.6 is 0 Å². The third-order valence-corrected chi connectivity index (χ3v) is 8.12. The summed E-state index contributed by atoms with van der Waals surface area (Å²) < 4.78 is 35.8. The molecule has 0 spiro atoms. The SMILES string of the molecule is CNC(=O)c1nc(C)c(N2CCN(CC3CCC4C(NC(=O)C5CCOC54)C3F)CC2)cc1F. The van der Waals surface area contributed by atoms with E-state index in [1.165, 1.54) is 13.1 Å². The van der Waals surface area contributed by atoms with Gasteiger partial charge in [0.1, 0.15) is 6.17 Å². The van der Waals surface area contributed by atoms with Crippen molar-refractivity contribution in [2.24, 2.45) is 17.8 Å². The molecule has 0 bridgehead atoms. The molecule has 34 heavy (non-hydrogen) atoms. The van der Waals surface area contributed by atoms with Gasteiger partial charge in [-0.2, -0.15) is 0 Å². The number of fused-ring (bicyclic) bond motifs is 3. The number of carbonyl (C=O) groups is 2. The van der Waals surface area contributed by atoms with E-state index in [0.29, 0.717) is 37.6 Å². The van der Waals surface area contributed by atoms with Gasteiger partial charge in [0.2, 0.25) is 5.91 Å². The molecule has 5 rings (SSSR count). The van der Waals surface area contributed by atoms with Crippen LogP contribution in [0.1, 0.15) is 35.4 Å². The number of piperidine rings is 1. The normalized spacial score (nSPS) is 33.8. The number of anilines is 1. The van der Waals surface area contributed by atoms with E-state index in [1.54, 1.807) is 6.92 Å². The lowest BCUT2D eigenvalue weighted by Gasteiger charge is -2.47. The van der Waals surface area contributed by atoms with Crippen molar-refractivity contribution in [3.63, 3.8) is 0 Å². The van der Waals surface area contributed by atoms with Crippen molar-refractivity contribution in [2.45, 2.75) is 44.5 Å². The number of hydrogen-bond donors (Lipinski definition) is 2. The lowest BCUT2D eigenvalue weighted by Crippen LogP contribution is -2.63. The van der Waals surface area contributed by atoms with E-state index in [9.17, 15) is 14.0 Å². The Morgan fingerprint density at radius 2 is 2.03 bits per heavy atom. The van der Waals surface area contributed by atoms with Crippen LogP contribution in [0.25, 0.3) is 0 Å². The Morgan fingerprint density at radius 3 is 2.76 bits per heavy atom. The zero-order valence-corrected chi connectivity index (χ0v) is 19.7.